The number of ether oxygens (including phenoxy) is 1. The molecule has 118 valence electrons. The molecule has 1 fully saturated rings. The van der Waals surface area contributed by atoms with Crippen molar-refractivity contribution in [2.24, 2.45) is 0 Å². The first-order chi connectivity index (χ1) is 11.3. The van der Waals surface area contributed by atoms with Crippen molar-refractivity contribution in [2.75, 3.05) is 30.4 Å². The molecule has 1 aliphatic rings. The molecule has 0 amide bonds. The second-order valence-electron chi connectivity index (χ2n) is 5.39. The molecule has 0 unspecified atom stereocenters. The van der Waals surface area contributed by atoms with Gasteiger partial charge in [-0.1, -0.05) is 0 Å². The highest BCUT2D eigenvalue weighted by molar-refractivity contribution is 5.47. The van der Waals surface area contributed by atoms with Crippen molar-refractivity contribution in [3.8, 4) is 6.07 Å². The standard InChI is InChI=1S/C16H18N6O/c1-23-15-7-14(22(10-15)16-3-4-18-11-21-16)9-20-12-2-5-19-13(6-12)8-17/h2-6,11,14-15H,7,9-10H2,1H3,(H,19,20)/t14-,15-/m1/s1. The van der Waals surface area contributed by atoms with Crippen LogP contribution in [0.5, 0.6) is 0 Å². The maximum Gasteiger partial charge on any atom is 0.142 e. The van der Waals surface area contributed by atoms with E-state index in [1.807, 2.05) is 18.2 Å². The molecule has 1 saturated heterocycles. The van der Waals surface area contributed by atoms with Crippen LogP contribution in [0.3, 0.4) is 0 Å². The van der Waals surface area contributed by atoms with E-state index in [-0.39, 0.29) is 12.1 Å². The van der Waals surface area contributed by atoms with Crippen LogP contribution in [-0.2, 0) is 4.74 Å². The third kappa shape index (κ3) is 3.55. The summed E-state index contributed by atoms with van der Waals surface area (Å²) in [6, 6.07) is 7.82. The third-order valence-corrected chi connectivity index (χ3v) is 3.99. The van der Waals surface area contributed by atoms with Gasteiger partial charge in [0.2, 0.25) is 0 Å². The van der Waals surface area contributed by atoms with Crippen LogP contribution in [0, 0.1) is 11.3 Å². The molecule has 2 atom stereocenters. The van der Waals surface area contributed by atoms with Crippen LogP contribution in [0.15, 0.2) is 36.9 Å². The fourth-order valence-electron chi connectivity index (χ4n) is 2.81. The molecule has 3 heterocycles. The first-order valence-corrected chi connectivity index (χ1v) is 7.45. The first kappa shape index (κ1) is 15.2. The maximum atomic E-state index is 8.92. The van der Waals surface area contributed by atoms with Crippen molar-refractivity contribution in [1.29, 1.82) is 5.26 Å². The molecule has 0 radical (unpaired) electrons. The second kappa shape index (κ2) is 7.03. The van der Waals surface area contributed by atoms with Gasteiger partial charge in [-0.25, -0.2) is 15.0 Å². The van der Waals surface area contributed by atoms with E-state index in [1.54, 1.807) is 31.9 Å². The van der Waals surface area contributed by atoms with Crippen LogP contribution in [0.2, 0.25) is 0 Å². The lowest BCUT2D eigenvalue weighted by atomic mass is 10.2. The molecule has 7 heteroatoms. The predicted octanol–water partition coefficient (Wildman–Crippen LogP) is 1.45. The molecule has 0 aromatic carbocycles. The molecule has 0 aliphatic carbocycles. The van der Waals surface area contributed by atoms with Crippen molar-refractivity contribution >= 4 is 11.5 Å². The van der Waals surface area contributed by atoms with Gasteiger partial charge in [0, 0.05) is 38.3 Å². The number of nitrogens with zero attached hydrogens (tertiary/aromatic N) is 5. The predicted molar refractivity (Wildman–Crippen MR) is 86.0 cm³/mol. The van der Waals surface area contributed by atoms with E-state index in [9.17, 15) is 0 Å². The van der Waals surface area contributed by atoms with Gasteiger partial charge >= 0.3 is 0 Å². The summed E-state index contributed by atoms with van der Waals surface area (Å²) in [5.41, 5.74) is 1.30. The molecule has 2 aromatic rings. The number of hydrogen-bond donors (Lipinski definition) is 1. The smallest absolute Gasteiger partial charge is 0.142 e. The topological polar surface area (TPSA) is 87.0 Å². The van der Waals surface area contributed by atoms with Crippen molar-refractivity contribution < 1.29 is 4.74 Å². The van der Waals surface area contributed by atoms with Crippen LogP contribution in [0.4, 0.5) is 11.5 Å². The summed E-state index contributed by atoms with van der Waals surface area (Å²) in [6.45, 7) is 1.54. The zero-order valence-electron chi connectivity index (χ0n) is 12.9. The summed E-state index contributed by atoms with van der Waals surface area (Å²) in [4.78, 5) is 14.5. The maximum absolute atomic E-state index is 8.92. The van der Waals surface area contributed by atoms with Gasteiger partial charge in [0.15, 0.2) is 0 Å². The average Bonchev–Trinajstić information content (AvgIpc) is 3.04. The highest BCUT2D eigenvalue weighted by Gasteiger charge is 2.32. The second-order valence-corrected chi connectivity index (χ2v) is 5.39. The Labute approximate surface area is 135 Å². The molecular formula is C16H18N6O. The highest BCUT2D eigenvalue weighted by atomic mass is 16.5. The SMILES string of the molecule is CO[C@@H]1C[C@H](CNc2ccnc(C#N)c2)N(c2ccncn2)C1. The van der Waals surface area contributed by atoms with Crippen molar-refractivity contribution in [1.82, 2.24) is 15.0 Å². The molecule has 1 aliphatic heterocycles. The van der Waals surface area contributed by atoms with E-state index in [2.05, 4.69) is 25.2 Å². The van der Waals surface area contributed by atoms with E-state index in [0.29, 0.717) is 5.69 Å². The minimum Gasteiger partial charge on any atom is -0.383 e. The van der Waals surface area contributed by atoms with Crippen molar-refractivity contribution in [3.63, 3.8) is 0 Å². The number of hydrogen-bond acceptors (Lipinski definition) is 7. The van der Waals surface area contributed by atoms with E-state index >= 15 is 0 Å². The Morgan fingerprint density at radius 2 is 2.30 bits per heavy atom. The Balaban J connectivity index is 1.70. The number of aromatic nitrogens is 3. The lowest BCUT2D eigenvalue weighted by molar-refractivity contribution is 0.118. The van der Waals surface area contributed by atoms with Crippen LogP contribution >= 0.6 is 0 Å². The van der Waals surface area contributed by atoms with Gasteiger partial charge in [-0.05, 0) is 24.6 Å². The molecule has 0 bridgehead atoms. The molecule has 2 aromatic heterocycles. The highest BCUT2D eigenvalue weighted by Crippen LogP contribution is 2.25. The molecule has 0 saturated carbocycles. The van der Waals surface area contributed by atoms with Gasteiger partial charge in [-0.2, -0.15) is 5.26 Å². The van der Waals surface area contributed by atoms with Crippen molar-refractivity contribution in [2.45, 2.75) is 18.6 Å². The quantitative estimate of drug-likeness (QED) is 0.894. The van der Waals surface area contributed by atoms with E-state index < -0.39 is 0 Å². The zero-order valence-corrected chi connectivity index (χ0v) is 12.9. The Hall–Kier alpha value is -2.72. The third-order valence-electron chi connectivity index (χ3n) is 3.99. The Bertz CT molecular complexity index is 686. The normalized spacial score (nSPS) is 20.3. The summed E-state index contributed by atoms with van der Waals surface area (Å²) in [6.07, 6.45) is 6.04. The summed E-state index contributed by atoms with van der Waals surface area (Å²) in [5, 5.41) is 12.3. The summed E-state index contributed by atoms with van der Waals surface area (Å²) in [5.74, 6) is 0.902. The number of nitrogens with one attached hydrogen (secondary N) is 1. The van der Waals surface area contributed by atoms with Crippen LogP contribution in [0.25, 0.3) is 0 Å². The molecule has 23 heavy (non-hydrogen) atoms. The minimum atomic E-state index is 0.184. The molecular weight excluding hydrogens is 292 g/mol. The lowest BCUT2D eigenvalue weighted by Crippen LogP contribution is -2.35. The average molecular weight is 310 g/mol. The number of anilines is 2. The van der Waals surface area contributed by atoms with E-state index in [4.69, 9.17) is 10.00 Å². The van der Waals surface area contributed by atoms with E-state index in [0.717, 1.165) is 31.0 Å². The Kier molecular flexibility index (Phi) is 4.64. The number of rotatable bonds is 5. The molecule has 1 N–H and O–H groups in total. The number of nitriles is 1. The number of pyridine rings is 1. The van der Waals surface area contributed by atoms with Crippen molar-refractivity contribution in [3.05, 3.63) is 42.6 Å². The molecule has 0 spiro atoms. The van der Waals surface area contributed by atoms with Crippen LogP contribution < -0.4 is 10.2 Å². The Morgan fingerprint density at radius 3 is 3.04 bits per heavy atom. The summed E-state index contributed by atoms with van der Waals surface area (Å²) >= 11 is 0. The fourth-order valence-corrected chi connectivity index (χ4v) is 2.81. The monoisotopic (exact) mass is 310 g/mol. The van der Waals surface area contributed by atoms with Gasteiger partial charge in [-0.15, -0.1) is 0 Å². The molecule has 3 rings (SSSR count). The fraction of sp³-hybridized carbons (Fsp3) is 0.375. The first-order valence-electron chi connectivity index (χ1n) is 7.45. The largest absolute Gasteiger partial charge is 0.383 e. The van der Waals surface area contributed by atoms with Gasteiger partial charge in [-0.3, -0.25) is 0 Å². The lowest BCUT2D eigenvalue weighted by Gasteiger charge is -2.25. The number of methoxy groups -OCH3 is 1. The van der Waals surface area contributed by atoms with Crippen LogP contribution in [-0.4, -0.2) is 47.3 Å². The van der Waals surface area contributed by atoms with Crippen LogP contribution in [0.1, 0.15) is 12.1 Å². The van der Waals surface area contributed by atoms with Gasteiger partial charge in [0.25, 0.3) is 0 Å². The Morgan fingerprint density at radius 1 is 1.39 bits per heavy atom. The van der Waals surface area contributed by atoms with Gasteiger partial charge < -0.3 is 15.0 Å². The van der Waals surface area contributed by atoms with E-state index in [1.165, 1.54) is 0 Å². The zero-order chi connectivity index (χ0) is 16.1. The summed E-state index contributed by atoms with van der Waals surface area (Å²) < 4.78 is 5.52. The van der Waals surface area contributed by atoms with Gasteiger partial charge in [0.05, 0.1) is 12.1 Å². The minimum absolute atomic E-state index is 0.184. The van der Waals surface area contributed by atoms with Gasteiger partial charge in [0.1, 0.15) is 23.9 Å². The summed E-state index contributed by atoms with van der Waals surface area (Å²) in [7, 11) is 1.74. The molecule has 7 nitrogen and oxygen atoms in total.